The molecule has 0 amide bonds. The van der Waals surface area contributed by atoms with Crippen LogP contribution in [0.4, 0.5) is 0 Å². The van der Waals surface area contributed by atoms with Crippen LogP contribution < -0.4 is 4.74 Å². The Hall–Kier alpha value is -1.35. The molecule has 1 aromatic carbocycles. The van der Waals surface area contributed by atoms with Crippen molar-refractivity contribution < 1.29 is 4.74 Å². The highest BCUT2D eigenvalue weighted by Crippen LogP contribution is 2.29. The summed E-state index contributed by atoms with van der Waals surface area (Å²) < 4.78 is 5.19. The Morgan fingerprint density at radius 1 is 1.29 bits per heavy atom. The summed E-state index contributed by atoms with van der Waals surface area (Å²) in [5.41, 5.74) is 1.80. The van der Waals surface area contributed by atoms with Crippen molar-refractivity contribution in [3.8, 4) is 5.75 Å². The van der Waals surface area contributed by atoms with Gasteiger partial charge >= 0.3 is 0 Å². The minimum atomic E-state index is 0.464. The summed E-state index contributed by atoms with van der Waals surface area (Å²) in [5.74, 6) is 0.718. The minimum Gasteiger partial charge on any atom is -0.494 e. The summed E-state index contributed by atoms with van der Waals surface area (Å²) in [6.45, 7) is 1.97. The van der Waals surface area contributed by atoms with Crippen LogP contribution in [-0.4, -0.2) is 17.1 Å². The maximum Gasteiger partial charge on any atom is 0.145 e. The van der Waals surface area contributed by atoms with Crippen molar-refractivity contribution >= 4 is 22.5 Å². The fourth-order valence-corrected chi connectivity index (χ4v) is 1.71. The Labute approximate surface area is 86.7 Å². The molecule has 0 radical (unpaired) electrons. The van der Waals surface area contributed by atoms with Gasteiger partial charge in [-0.25, -0.2) is 9.97 Å². The van der Waals surface area contributed by atoms with Gasteiger partial charge in [-0.15, -0.1) is 0 Å². The molecular formula is C10H9ClN2O. The van der Waals surface area contributed by atoms with E-state index in [4.69, 9.17) is 16.3 Å². The van der Waals surface area contributed by atoms with E-state index in [0.717, 1.165) is 22.2 Å². The standard InChI is InChI=1S/C10H9ClN2O/c1-6-3-4-7(14-2)9-8(6)10(11)13-5-12-9/h3-5H,1-2H3. The van der Waals surface area contributed by atoms with E-state index in [0.29, 0.717) is 5.15 Å². The molecule has 0 saturated heterocycles. The van der Waals surface area contributed by atoms with Crippen LogP contribution in [0.2, 0.25) is 5.15 Å². The average Bonchev–Trinajstić information content (AvgIpc) is 2.18. The second-order valence-corrected chi connectivity index (χ2v) is 3.33. The van der Waals surface area contributed by atoms with Crippen LogP contribution in [0.5, 0.6) is 5.75 Å². The molecule has 14 heavy (non-hydrogen) atoms. The maximum atomic E-state index is 5.98. The molecule has 0 aliphatic carbocycles. The van der Waals surface area contributed by atoms with E-state index < -0.39 is 0 Å². The predicted octanol–water partition coefficient (Wildman–Crippen LogP) is 2.60. The summed E-state index contributed by atoms with van der Waals surface area (Å²) in [7, 11) is 1.61. The third-order valence-electron chi connectivity index (χ3n) is 2.13. The fourth-order valence-electron chi connectivity index (χ4n) is 1.43. The number of ether oxygens (including phenoxy) is 1. The predicted molar refractivity (Wildman–Crippen MR) is 55.8 cm³/mol. The zero-order valence-corrected chi connectivity index (χ0v) is 8.67. The van der Waals surface area contributed by atoms with Gasteiger partial charge in [-0.3, -0.25) is 0 Å². The molecule has 0 N–H and O–H groups in total. The summed E-state index contributed by atoms with van der Waals surface area (Å²) in [4.78, 5) is 8.10. The third-order valence-corrected chi connectivity index (χ3v) is 2.42. The number of benzene rings is 1. The van der Waals surface area contributed by atoms with E-state index >= 15 is 0 Å². The highest BCUT2D eigenvalue weighted by atomic mass is 35.5. The van der Waals surface area contributed by atoms with Crippen molar-refractivity contribution in [1.82, 2.24) is 9.97 Å². The molecule has 1 aromatic heterocycles. The van der Waals surface area contributed by atoms with Gasteiger partial charge in [0.2, 0.25) is 0 Å². The molecule has 0 atom stereocenters. The molecule has 3 nitrogen and oxygen atoms in total. The molecule has 4 heteroatoms. The number of aryl methyl sites for hydroxylation is 1. The van der Waals surface area contributed by atoms with Gasteiger partial charge in [-0.2, -0.15) is 0 Å². The van der Waals surface area contributed by atoms with Gasteiger partial charge in [0.05, 0.1) is 7.11 Å². The number of nitrogens with zero attached hydrogens (tertiary/aromatic N) is 2. The molecule has 2 aromatic rings. The zero-order chi connectivity index (χ0) is 10.1. The summed E-state index contributed by atoms with van der Waals surface area (Å²) in [5, 5.41) is 1.32. The highest BCUT2D eigenvalue weighted by Gasteiger charge is 2.08. The van der Waals surface area contributed by atoms with Crippen molar-refractivity contribution in [3.05, 3.63) is 29.2 Å². The van der Waals surface area contributed by atoms with Crippen molar-refractivity contribution in [2.24, 2.45) is 0 Å². The smallest absolute Gasteiger partial charge is 0.145 e. The first-order chi connectivity index (χ1) is 6.74. The lowest BCUT2D eigenvalue weighted by atomic mass is 10.1. The first-order valence-corrected chi connectivity index (χ1v) is 4.55. The molecule has 1 heterocycles. The van der Waals surface area contributed by atoms with Crippen LogP contribution in [0.25, 0.3) is 10.9 Å². The zero-order valence-electron chi connectivity index (χ0n) is 7.91. The average molecular weight is 209 g/mol. The van der Waals surface area contributed by atoms with Crippen LogP contribution in [0, 0.1) is 6.92 Å². The summed E-state index contributed by atoms with van der Waals surface area (Å²) >= 11 is 5.98. The SMILES string of the molecule is COc1ccc(C)c2c(Cl)ncnc12. The molecule has 0 aliphatic rings. The Balaban J connectivity index is 2.91. The highest BCUT2D eigenvalue weighted by molar-refractivity contribution is 6.34. The quantitative estimate of drug-likeness (QED) is 0.676. The van der Waals surface area contributed by atoms with Gasteiger partial charge in [0, 0.05) is 5.39 Å². The normalized spacial score (nSPS) is 10.5. The second-order valence-electron chi connectivity index (χ2n) is 2.97. The van der Waals surface area contributed by atoms with Crippen LogP contribution in [0.3, 0.4) is 0 Å². The summed E-state index contributed by atoms with van der Waals surface area (Å²) in [6.07, 6.45) is 1.44. The van der Waals surface area contributed by atoms with Crippen molar-refractivity contribution in [3.63, 3.8) is 0 Å². The van der Waals surface area contributed by atoms with Crippen LogP contribution >= 0.6 is 11.6 Å². The number of hydrogen-bond acceptors (Lipinski definition) is 3. The number of methoxy groups -OCH3 is 1. The molecule has 72 valence electrons. The van der Waals surface area contributed by atoms with Gasteiger partial charge in [0.15, 0.2) is 0 Å². The van der Waals surface area contributed by atoms with Crippen LogP contribution in [0.15, 0.2) is 18.5 Å². The van der Waals surface area contributed by atoms with E-state index in [1.807, 2.05) is 19.1 Å². The number of rotatable bonds is 1. The molecule has 0 fully saturated rings. The molecule has 0 saturated carbocycles. The Bertz CT molecular complexity index is 477. The Morgan fingerprint density at radius 3 is 2.79 bits per heavy atom. The molecule has 0 bridgehead atoms. The second kappa shape index (κ2) is 3.42. The van der Waals surface area contributed by atoms with Gasteiger partial charge in [0.1, 0.15) is 22.7 Å². The lowest BCUT2D eigenvalue weighted by Gasteiger charge is -2.06. The van der Waals surface area contributed by atoms with E-state index in [9.17, 15) is 0 Å². The minimum absolute atomic E-state index is 0.464. The van der Waals surface area contributed by atoms with Crippen LogP contribution in [-0.2, 0) is 0 Å². The topological polar surface area (TPSA) is 35.0 Å². The fraction of sp³-hybridized carbons (Fsp3) is 0.200. The number of fused-ring (bicyclic) bond motifs is 1. The molecule has 0 spiro atoms. The lowest BCUT2D eigenvalue weighted by molar-refractivity contribution is 0.419. The van der Waals surface area contributed by atoms with Gasteiger partial charge < -0.3 is 4.74 Å². The number of hydrogen-bond donors (Lipinski definition) is 0. The molecular weight excluding hydrogens is 200 g/mol. The monoisotopic (exact) mass is 208 g/mol. The van der Waals surface area contributed by atoms with Crippen molar-refractivity contribution in [2.75, 3.05) is 7.11 Å². The van der Waals surface area contributed by atoms with E-state index in [1.165, 1.54) is 6.33 Å². The third kappa shape index (κ3) is 1.30. The van der Waals surface area contributed by atoms with E-state index in [1.54, 1.807) is 7.11 Å². The van der Waals surface area contributed by atoms with Crippen LogP contribution in [0.1, 0.15) is 5.56 Å². The van der Waals surface area contributed by atoms with Gasteiger partial charge in [-0.05, 0) is 18.6 Å². The molecule has 0 aliphatic heterocycles. The van der Waals surface area contributed by atoms with Crippen molar-refractivity contribution in [2.45, 2.75) is 6.92 Å². The van der Waals surface area contributed by atoms with Gasteiger partial charge in [0.25, 0.3) is 0 Å². The largest absolute Gasteiger partial charge is 0.494 e. The van der Waals surface area contributed by atoms with Crippen molar-refractivity contribution in [1.29, 1.82) is 0 Å². The maximum absolute atomic E-state index is 5.98. The Kier molecular flexibility index (Phi) is 2.25. The Morgan fingerprint density at radius 2 is 2.07 bits per heavy atom. The number of aromatic nitrogens is 2. The first kappa shape index (κ1) is 9.21. The number of halogens is 1. The first-order valence-electron chi connectivity index (χ1n) is 4.18. The summed E-state index contributed by atoms with van der Waals surface area (Å²) in [6, 6.07) is 3.82. The molecule has 2 rings (SSSR count). The van der Waals surface area contributed by atoms with E-state index in [2.05, 4.69) is 9.97 Å². The van der Waals surface area contributed by atoms with E-state index in [-0.39, 0.29) is 0 Å². The lowest BCUT2D eigenvalue weighted by Crippen LogP contribution is -1.91. The van der Waals surface area contributed by atoms with Gasteiger partial charge in [-0.1, -0.05) is 17.7 Å². The molecule has 0 unspecified atom stereocenters.